The van der Waals surface area contributed by atoms with Gasteiger partial charge in [-0.1, -0.05) is 26.7 Å². The molecule has 1 aliphatic carbocycles. The molecule has 2 N–H and O–H groups in total. The molecule has 0 aromatic rings. The summed E-state index contributed by atoms with van der Waals surface area (Å²) in [6.07, 6.45) is 5.80. The van der Waals surface area contributed by atoms with Crippen LogP contribution >= 0.6 is 0 Å². The number of nitrogens with zero attached hydrogens (tertiary/aromatic N) is 1. The van der Waals surface area contributed by atoms with Crippen LogP contribution in [0.1, 0.15) is 52.9 Å². The number of aliphatic hydroxyl groups is 1. The summed E-state index contributed by atoms with van der Waals surface area (Å²) in [6, 6.07) is 0.855. The van der Waals surface area contributed by atoms with Gasteiger partial charge < -0.3 is 10.4 Å². The Hall–Kier alpha value is -0.610. The summed E-state index contributed by atoms with van der Waals surface area (Å²) in [4.78, 5) is 14.4. The van der Waals surface area contributed by atoms with Crippen molar-refractivity contribution in [2.24, 2.45) is 11.8 Å². The fraction of sp³-hybridized carbons (Fsp3) is 0.938. The second-order valence-corrected chi connectivity index (χ2v) is 6.99. The third kappa shape index (κ3) is 3.95. The zero-order valence-corrected chi connectivity index (χ0v) is 13.1. The van der Waals surface area contributed by atoms with E-state index >= 15 is 0 Å². The third-order valence-electron chi connectivity index (χ3n) is 4.91. The molecule has 4 nitrogen and oxygen atoms in total. The van der Waals surface area contributed by atoms with E-state index in [0.717, 1.165) is 19.5 Å². The first-order chi connectivity index (χ1) is 9.47. The van der Waals surface area contributed by atoms with Gasteiger partial charge in [0.2, 0.25) is 5.91 Å². The molecule has 1 heterocycles. The molecular formula is C16H30N2O2. The van der Waals surface area contributed by atoms with Crippen LogP contribution in [-0.2, 0) is 4.79 Å². The van der Waals surface area contributed by atoms with Gasteiger partial charge in [-0.25, -0.2) is 0 Å². The van der Waals surface area contributed by atoms with Gasteiger partial charge in [0.25, 0.3) is 0 Å². The summed E-state index contributed by atoms with van der Waals surface area (Å²) in [5.41, 5.74) is 0. The molecule has 0 aromatic heterocycles. The number of nitrogens with one attached hydrogen (secondary N) is 1. The second-order valence-electron chi connectivity index (χ2n) is 6.99. The maximum Gasteiger partial charge on any atom is 0.222 e. The Morgan fingerprint density at radius 2 is 1.85 bits per heavy atom. The quantitative estimate of drug-likeness (QED) is 0.826. The van der Waals surface area contributed by atoms with Crippen molar-refractivity contribution >= 4 is 5.91 Å². The summed E-state index contributed by atoms with van der Waals surface area (Å²) in [5, 5.41) is 13.1. The summed E-state index contributed by atoms with van der Waals surface area (Å²) in [6.45, 7) is 7.67. The van der Waals surface area contributed by atoms with E-state index in [1.807, 2.05) is 20.8 Å². The van der Waals surface area contributed by atoms with Crippen LogP contribution in [0, 0.1) is 11.8 Å². The number of likely N-dealkylation sites (tertiary alicyclic amines) is 1. The third-order valence-corrected chi connectivity index (χ3v) is 4.91. The number of aliphatic hydroxyl groups excluding tert-OH is 1. The van der Waals surface area contributed by atoms with Crippen LogP contribution < -0.4 is 5.32 Å². The first-order valence-electron chi connectivity index (χ1n) is 8.20. The lowest BCUT2D eigenvalue weighted by molar-refractivity contribution is -0.125. The minimum absolute atomic E-state index is 0.0295. The van der Waals surface area contributed by atoms with Gasteiger partial charge in [-0.3, -0.25) is 9.69 Å². The van der Waals surface area contributed by atoms with E-state index in [1.165, 1.54) is 25.7 Å². The average Bonchev–Trinajstić information content (AvgIpc) is 2.92. The number of hydrogen-bond acceptors (Lipinski definition) is 3. The van der Waals surface area contributed by atoms with Gasteiger partial charge >= 0.3 is 0 Å². The highest BCUT2D eigenvalue weighted by molar-refractivity contribution is 5.78. The molecule has 1 saturated heterocycles. The van der Waals surface area contributed by atoms with Crippen molar-refractivity contribution < 1.29 is 9.90 Å². The van der Waals surface area contributed by atoms with E-state index in [4.69, 9.17) is 0 Å². The molecule has 1 aliphatic heterocycles. The lowest BCUT2D eigenvalue weighted by Crippen LogP contribution is -2.55. The molecule has 3 atom stereocenters. The zero-order valence-electron chi connectivity index (χ0n) is 13.1. The van der Waals surface area contributed by atoms with E-state index < -0.39 is 0 Å². The molecule has 2 rings (SSSR count). The number of carbonyl (C=O) groups is 1. The molecule has 0 aromatic carbocycles. The molecule has 1 saturated carbocycles. The van der Waals surface area contributed by atoms with Crippen LogP contribution in [-0.4, -0.2) is 47.2 Å². The van der Waals surface area contributed by atoms with Crippen molar-refractivity contribution in [3.8, 4) is 0 Å². The summed E-state index contributed by atoms with van der Waals surface area (Å²) >= 11 is 0. The SMILES string of the molecule is CC(C)C(=O)NC1CC(C(C)O)CN(C2CCCC2)C1. The molecule has 1 amide bonds. The van der Waals surface area contributed by atoms with Crippen molar-refractivity contribution in [1.29, 1.82) is 0 Å². The highest BCUT2D eigenvalue weighted by Crippen LogP contribution is 2.29. The summed E-state index contributed by atoms with van der Waals surface area (Å²) in [5.74, 6) is 0.441. The van der Waals surface area contributed by atoms with Crippen LogP contribution in [0.25, 0.3) is 0 Å². The lowest BCUT2D eigenvalue weighted by atomic mass is 9.89. The second kappa shape index (κ2) is 6.90. The first kappa shape index (κ1) is 15.8. The van der Waals surface area contributed by atoms with Crippen LogP contribution in [0.15, 0.2) is 0 Å². The van der Waals surface area contributed by atoms with Crippen molar-refractivity contribution in [2.45, 2.75) is 71.1 Å². The molecule has 116 valence electrons. The predicted molar refractivity (Wildman–Crippen MR) is 80.4 cm³/mol. The summed E-state index contributed by atoms with van der Waals surface area (Å²) < 4.78 is 0. The Kier molecular flexibility index (Phi) is 5.44. The molecule has 2 fully saturated rings. The zero-order chi connectivity index (χ0) is 14.7. The first-order valence-corrected chi connectivity index (χ1v) is 8.20. The lowest BCUT2D eigenvalue weighted by Gasteiger charge is -2.42. The normalized spacial score (nSPS) is 30.6. The Morgan fingerprint density at radius 1 is 1.20 bits per heavy atom. The largest absolute Gasteiger partial charge is 0.393 e. The van der Waals surface area contributed by atoms with Gasteiger partial charge in [-0.2, -0.15) is 0 Å². The molecule has 0 spiro atoms. The Labute approximate surface area is 122 Å². The van der Waals surface area contributed by atoms with Gasteiger partial charge in [-0.05, 0) is 32.1 Å². The van der Waals surface area contributed by atoms with Gasteiger partial charge in [0.1, 0.15) is 0 Å². The van der Waals surface area contributed by atoms with Gasteiger partial charge in [-0.15, -0.1) is 0 Å². The number of carbonyl (C=O) groups excluding carboxylic acids is 1. The molecule has 4 heteroatoms. The van der Waals surface area contributed by atoms with Gasteiger partial charge in [0, 0.05) is 31.1 Å². The fourth-order valence-electron chi connectivity index (χ4n) is 3.56. The van der Waals surface area contributed by atoms with Crippen LogP contribution in [0.3, 0.4) is 0 Å². The smallest absolute Gasteiger partial charge is 0.222 e. The van der Waals surface area contributed by atoms with E-state index in [-0.39, 0.29) is 29.9 Å². The topological polar surface area (TPSA) is 52.6 Å². The van der Waals surface area contributed by atoms with Crippen LogP contribution in [0.4, 0.5) is 0 Å². The molecule has 3 unspecified atom stereocenters. The number of piperidine rings is 1. The number of hydrogen-bond donors (Lipinski definition) is 2. The van der Waals surface area contributed by atoms with E-state index in [0.29, 0.717) is 6.04 Å². The van der Waals surface area contributed by atoms with E-state index in [2.05, 4.69) is 10.2 Å². The minimum atomic E-state index is -0.294. The van der Waals surface area contributed by atoms with Crippen molar-refractivity contribution in [3.05, 3.63) is 0 Å². The summed E-state index contributed by atoms with van der Waals surface area (Å²) in [7, 11) is 0. The molecule has 0 radical (unpaired) electrons. The average molecular weight is 282 g/mol. The van der Waals surface area contributed by atoms with Crippen molar-refractivity contribution in [2.75, 3.05) is 13.1 Å². The van der Waals surface area contributed by atoms with Gasteiger partial charge in [0.05, 0.1) is 6.10 Å². The predicted octanol–water partition coefficient (Wildman–Crippen LogP) is 1.77. The monoisotopic (exact) mass is 282 g/mol. The molecule has 20 heavy (non-hydrogen) atoms. The highest BCUT2D eigenvalue weighted by atomic mass is 16.3. The molecular weight excluding hydrogens is 252 g/mol. The van der Waals surface area contributed by atoms with E-state index in [1.54, 1.807) is 0 Å². The Bertz CT molecular complexity index is 324. The Balaban J connectivity index is 1.98. The maximum atomic E-state index is 11.9. The van der Waals surface area contributed by atoms with E-state index in [9.17, 15) is 9.90 Å². The van der Waals surface area contributed by atoms with Crippen LogP contribution in [0.5, 0.6) is 0 Å². The van der Waals surface area contributed by atoms with Crippen molar-refractivity contribution in [3.63, 3.8) is 0 Å². The van der Waals surface area contributed by atoms with Crippen LogP contribution in [0.2, 0.25) is 0 Å². The Morgan fingerprint density at radius 3 is 2.40 bits per heavy atom. The number of amides is 1. The minimum Gasteiger partial charge on any atom is -0.393 e. The number of rotatable bonds is 4. The van der Waals surface area contributed by atoms with Gasteiger partial charge in [0.15, 0.2) is 0 Å². The standard InChI is InChI=1S/C16H30N2O2/c1-11(2)16(20)17-14-8-13(12(3)19)9-18(10-14)15-6-4-5-7-15/h11-15,19H,4-10H2,1-3H3,(H,17,20). The highest BCUT2D eigenvalue weighted by Gasteiger charge is 2.34. The molecule has 2 aliphatic rings. The molecule has 0 bridgehead atoms. The maximum absolute atomic E-state index is 11.9. The fourth-order valence-corrected chi connectivity index (χ4v) is 3.56. The van der Waals surface area contributed by atoms with Crippen molar-refractivity contribution in [1.82, 2.24) is 10.2 Å².